The number of hydrogen-bond donors (Lipinski definition) is 2. The number of halogens is 1. The molecule has 0 aliphatic carbocycles. The van der Waals surface area contributed by atoms with E-state index >= 15 is 0 Å². The molecule has 3 N–H and O–H groups in total. The maximum Gasteiger partial charge on any atom is 0.240 e. The second-order valence-electron chi connectivity index (χ2n) is 4.77. The summed E-state index contributed by atoms with van der Waals surface area (Å²) in [6.45, 7) is 2.47. The standard InChI is InChI=1S/C15H17ClN2O2S/c1-11-3-2-4-12(7-11)10-18-21(19,20)14-6-5-13(9-17)15(16)8-14/h2-8,18H,9-10,17H2,1H3. The first-order valence-electron chi connectivity index (χ1n) is 6.46. The smallest absolute Gasteiger partial charge is 0.240 e. The Bertz CT molecular complexity index is 745. The van der Waals surface area contributed by atoms with Gasteiger partial charge in [-0.3, -0.25) is 0 Å². The topological polar surface area (TPSA) is 72.2 Å². The highest BCUT2D eigenvalue weighted by Crippen LogP contribution is 2.20. The van der Waals surface area contributed by atoms with E-state index in [-0.39, 0.29) is 18.0 Å². The molecule has 0 unspecified atom stereocenters. The molecule has 0 aromatic heterocycles. The van der Waals surface area contributed by atoms with Crippen LogP contribution in [0, 0.1) is 6.92 Å². The van der Waals surface area contributed by atoms with Crippen LogP contribution in [0.4, 0.5) is 0 Å². The Hall–Kier alpha value is -1.40. The van der Waals surface area contributed by atoms with Crippen molar-refractivity contribution >= 4 is 21.6 Å². The molecule has 0 fully saturated rings. The first-order chi connectivity index (χ1) is 9.92. The summed E-state index contributed by atoms with van der Waals surface area (Å²) in [5.74, 6) is 0. The zero-order valence-corrected chi connectivity index (χ0v) is 13.2. The summed E-state index contributed by atoms with van der Waals surface area (Å²) in [6.07, 6.45) is 0. The number of nitrogens with two attached hydrogens (primary N) is 1. The molecule has 0 spiro atoms. The van der Waals surface area contributed by atoms with Crippen molar-refractivity contribution in [3.05, 3.63) is 64.2 Å². The van der Waals surface area contributed by atoms with Crippen molar-refractivity contribution in [1.82, 2.24) is 4.72 Å². The van der Waals surface area contributed by atoms with Crippen LogP contribution in [0.5, 0.6) is 0 Å². The van der Waals surface area contributed by atoms with Crippen molar-refractivity contribution in [1.29, 1.82) is 0 Å². The second-order valence-corrected chi connectivity index (χ2v) is 6.95. The highest BCUT2D eigenvalue weighted by atomic mass is 35.5. The average molecular weight is 325 g/mol. The molecule has 0 saturated carbocycles. The predicted molar refractivity (Wildman–Crippen MR) is 84.5 cm³/mol. The number of sulfonamides is 1. The minimum atomic E-state index is -3.59. The van der Waals surface area contributed by atoms with Crippen LogP contribution in [-0.2, 0) is 23.1 Å². The van der Waals surface area contributed by atoms with E-state index in [1.54, 1.807) is 6.07 Å². The van der Waals surface area contributed by atoms with E-state index in [4.69, 9.17) is 17.3 Å². The maximum atomic E-state index is 12.2. The van der Waals surface area contributed by atoms with Gasteiger partial charge in [0.05, 0.1) is 4.90 Å². The van der Waals surface area contributed by atoms with Crippen molar-refractivity contribution in [3.63, 3.8) is 0 Å². The molecule has 0 amide bonds. The third-order valence-corrected chi connectivity index (χ3v) is 4.85. The van der Waals surface area contributed by atoms with Gasteiger partial charge in [-0.05, 0) is 30.2 Å². The second kappa shape index (κ2) is 6.58. The van der Waals surface area contributed by atoms with E-state index in [1.807, 2.05) is 31.2 Å². The monoisotopic (exact) mass is 324 g/mol. The van der Waals surface area contributed by atoms with E-state index in [0.717, 1.165) is 11.1 Å². The normalized spacial score (nSPS) is 11.6. The molecule has 0 aliphatic heterocycles. The minimum absolute atomic E-state index is 0.136. The Labute approximate surface area is 130 Å². The SMILES string of the molecule is Cc1cccc(CNS(=O)(=O)c2ccc(CN)c(Cl)c2)c1. The van der Waals surface area contributed by atoms with E-state index in [1.165, 1.54) is 12.1 Å². The Morgan fingerprint density at radius 2 is 1.95 bits per heavy atom. The molecule has 21 heavy (non-hydrogen) atoms. The zero-order valence-electron chi connectivity index (χ0n) is 11.6. The van der Waals surface area contributed by atoms with Gasteiger partial charge in [0.25, 0.3) is 0 Å². The van der Waals surface area contributed by atoms with Gasteiger partial charge < -0.3 is 5.73 Å². The molecule has 2 rings (SSSR count). The summed E-state index contributed by atoms with van der Waals surface area (Å²) in [5, 5.41) is 0.357. The molecule has 2 aromatic rings. The number of rotatable bonds is 5. The van der Waals surface area contributed by atoms with Crippen molar-refractivity contribution in [2.75, 3.05) is 0 Å². The third kappa shape index (κ3) is 4.04. The van der Waals surface area contributed by atoms with E-state index in [9.17, 15) is 8.42 Å². The van der Waals surface area contributed by atoms with Crippen LogP contribution < -0.4 is 10.5 Å². The molecule has 0 heterocycles. The van der Waals surface area contributed by atoms with Gasteiger partial charge in [0.1, 0.15) is 0 Å². The lowest BCUT2D eigenvalue weighted by Crippen LogP contribution is -2.23. The van der Waals surface area contributed by atoms with E-state index in [2.05, 4.69) is 4.72 Å². The van der Waals surface area contributed by atoms with Gasteiger partial charge in [0.2, 0.25) is 10.0 Å². The van der Waals surface area contributed by atoms with Crippen molar-refractivity contribution in [2.45, 2.75) is 24.9 Å². The molecule has 0 radical (unpaired) electrons. The van der Waals surface area contributed by atoms with Gasteiger partial charge in [-0.2, -0.15) is 0 Å². The fourth-order valence-electron chi connectivity index (χ4n) is 1.94. The minimum Gasteiger partial charge on any atom is -0.326 e. The number of nitrogens with one attached hydrogen (secondary N) is 1. The zero-order chi connectivity index (χ0) is 15.5. The summed E-state index contributed by atoms with van der Waals surface area (Å²) in [4.78, 5) is 0.136. The molecule has 0 saturated heterocycles. The fourth-order valence-corrected chi connectivity index (χ4v) is 3.31. The number of benzene rings is 2. The molecular weight excluding hydrogens is 308 g/mol. The van der Waals surface area contributed by atoms with Gasteiger partial charge >= 0.3 is 0 Å². The molecule has 0 bridgehead atoms. The van der Waals surface area contributed by atoms with E-state index < -0.39 is 10.0 Å². The summed E-state index contributed by atoms with van der Waals surface area (Å²) < 4.78 is 27.0. The van der Waals surface area contributed by atoms with E-state index in [0.29, 0.717) is 10.6 Å². The molecular formula is C15H17ClN2O2S. The molecule has 0 aliphatic rings. The van der Waals surface area contributed by atoms with Gasteiger partial charge in [0, 0.05) is 18.1 Å². The average Bonchev–Trinajstić information content (AvgIpc) is 2.45. The highest BCUT2D eigenvalue weighted by molar-refractivity contribution is 7.89. The summed E-state index contributed by atoms with van der Waals surface area (Å²) in [7, 11) is -3.59. The molecule has 0 atom stereocenters. The highest BCUT2D eigenvalue weighted by Gasteiger charge is 2.15. The third-order valence-electron chi connectivity index (χ3n) is 3.10. The Morgan fingerprint density at radius 1 is 1.19 bits per heavy atom. The number of aryl methyl sites for hydroxylation is 1. The van der Waals surface area contributed by atoms with Gasteiger partial charge in [-0.15, -0.1) is 0 Å². The molecule has 6 heteroatoms. The molecule has 2 aromatic carbocycles. The van der Waals surface area contributed by atoms with Crippen LogP contribution in [-0.4, -0.2) is 8.42 Å². The fraction of sp³-hybridized carbons (Fsp3) is 0.200. The first-order valence-corrected chi connectivity index (χ1v) is 8.32. The van der Waals surface area contributed by atoms with Crippen LogP contribution in [0.2, 0.25) is 5.02 Å². The number of hydrogen-bond acceptors (Lipinski definition) is 3. The van der Waals surface area contributed by atoms with Gasteiger partial charge in [-0.25, -0.2) is 13.1 Å². The molecule has 4 nitrogen and oxygen atoms in total. The van der Waals surface area contributed by atoms with Gasteiger partial charge in [0.15, 0.2) is 0 Å². The van der Waals surface area contributed by atoms with Crippen molar-refractivity contribution in [2.24, 2.45) is 5.73 Å². The van der Waals surface area contributed by atoms with Crippen LogP contribution in [0.25, 0.3) is 0 Å². The molecule has 112 valence electrons. The largest absolute Gasteiger partial charge is 0.326 e. The van der Waals surface area contributed by atoms with Crippen LogP contribution in [0.15, 0.2) is 47.4 Å². The summed E-state index contributed by atoms with van der Waals surface area (Å²) in [5.41, 5.74) is 8.22. The van der Waals surface area contributed by atoms with Crippen molar-refractivity contribution < 1.29 is 8.42 Å². The van der Waals surface area contributed by atoms with Crippen LogP contribution in [0.3, 0.4) is 0 Å². The Morgan fingerprint density at radius 3 is 2.57 bits per heavy atom. The first kappa shape index (κ1) is 16.0. The Balaban J connectivity index is 2.17. The van der Waals surface area contributed by atoms with Gasteiger partial charge in [-0.1, -0.05) is 47.5 Å². The maximum absolute atomic E-state index is 12.2. The lowest BCUT2D eigenvalue weighted by Gasteiger charge is -2.09. The van der Waals surface area contributed by atoms with Crippen molar-refractivity contribution in [3.8, 4) is 0 Å². The van der Waals surface area contributed by atoms with Crippen LogP contribution in [0.1, 0.15) is 16.7 Å². The lowest BCUT2D eigenvalue weighted by atomic mass is 10.1. The summed E-state index contributed by atoms with van der Waals surface area (Å²) >= 11 is 6.00. The quantitative estimate of drug-likeness (QED) is 0.888. The lowest BCUT2D eigenvalue weighted by molar-refractivity contribution is 0.581. The predicted octanol–water partition coefficient (Wildman–Crippen LogP) is 2.59. The Kier molecular flexibility index (Phi) is 5.00. The van der Waals surface area contributed by atoms with Crippen LogP contribution >= 0.6 is 11.6 Å². The summed E-state index contributed by atoms with van der Waals surface area (Å²) in [6, 6.07) is 12.2.